The summed E-state index contributed by atoms with van der Waals surface area (Å²) in [5.74, 6) is 0. The van der Waals surface area contributed by atoms with Crippen LogP contribution in [0.2, 0.25) is 0 Å². The number of hydrogen-bond donors (Lipinski definition) is 1. The smallest absolute Gasteiger partial charge is 0.266 e. The molecular weight excluding hydrogens is 284 g/mol. The van der Waals surface area contributed by atoms with E-state index in [0.717, 1.165) is 16.1 Å². The topological polar surface area (TPSA) is 52.2 Å². The highest BCUT2D eigenvalue weighted by atomic mass is 32.1. The van der Waals surface area contributed by atoms with E-state index in [1.165, 1.54) is 0 Å². The predicted molar refractivity (Wildman–Crippen MR) is 83.3 cm³/mol. The molecule has 102 valence electrons. The van der Waals surface area contributed by atoms with Crippen LogP contribution in [-0.2, 0) is 0 Å². The maximum absolute atomic E-state index is 12.7. The zero-order chi connectivity index (χ0) is 14.4. The largest absolute Gasteiger partial charge is 0.282 e. The van der Waals surface area contributed by atoms with Crippen molar-refractivity contribution in [3.8, 4) is 5.69 Å². The summed E-state index contributed by atoms with van der Waals surface area (Å²) < 4.78 is 3.23. The standard InChI is InChI=1S/C15H10N4OS/c20-15-10-9-16-14-5-7-17-19(14)11(10)6-8-18(15)12-3-1-2-4-13(12)21/h1-9,21H. The van der Waals surface area contributed by atoms with E-state index in [2.05, 4.69) is 22.7 Å². The molecule has 6 heteroatoms. The highest BCUT2D eigenvalue weighted by Gasteiger charge is 2.10. The minimum atomic E-state index is -0.140. The van der Waals surface area contributed by atoms with Gasteiger partial charge in [-0.2, -0.15) is 5.10 Å². The Morgan fingerprint density at radius 1 is 1.10 bits per heavy atom. The van der Waals surface area contributed by atoms with Crippen LogP contribution in [0.3, 0.4) is 0 Å². The molecule has 4 aromatic rings. The Hall–Kier alpha value is -2.60. The second-order valence-corrected chi connectivity index (χ2v) is 5.12. The van der Waals surface area contributed by atoms with Gasteiger partial charge in [-0.05, 0) is 18.2 Å². The fraction of sp³-hybridized carbons (Fsp3) is 0. The number of nitrogens with zero attached hydrogens (tertiary/aromatic N) is 4. The monoisotopic (exact) mass is 294 g/mol. The molecule has 4 rings (SSSR count). The maximum atomic E-state index is 12.7. The molecule has 3 aromatic heterocycles. The third-order valence-corrected chi connectivity index (χ3v) is 3.80. The fourth-order valence-electron chi connectivity index (χ4n) is 2.42. The van der Waals surface area contributed by atoms with Crippen LogP contribution >= 0.6 is 12.6 Å². The van der Waals surface area contributed by atoms with Gasteiger partial charge in [0.1, 0.15) is 0 Å². The van der Waals surface area contributed by atoms with Gasteiger partial charge in [0.2, 0.25) is 0 Å². The molecule has 0 bridgehead atoms. The molecule has 0 N–H and O–H groups in total. The highest BCUT2D eigenvalue weighted by Crippen LogP contribution is 2.18. The van der Waals surface area contributed by atoms with Crippen molar-refractivity contribution in [2.24, 2.45) is 0 Å². The summed E-state index contributed by atoms with van der Waals surface area (Å²) in [5.41, 5.74) is 2.06. The molecule has 1 aromatic carbocycles. The van der Waals surface area contributed by atoms with E-state index in [4.69, 9.17) is 0 Å². The van der Waals surface area contributed by atoms with Crippen LogP contribution in [0.4, 0.5) is 0 Å². The van der Waals surface area contributed by atoms with Crippen LogP contribution in [0.1, 0.15) is 0 Å². The minimum Gasteiger partial charge on any atom is -0.282 e. The van der Waals surface area contributed by atoms with Gasteiger partial charge in [-0.1, -0.05) is 12.1 Å². The summed E-state index contributed by atoms with van der Waals surface area (Å²) in [7, 11) is 0. The van der Waals surface area contributed by atoms with Gasteiger partial charge in [0.15, 0.2) is 5.65 Å². The fourth-order valence-corrected chi connectivity index (χ4v) is 2.68. The third kappa shape index (κ3) is 1.76. The first-order valence-corrected chi connectivity index (χ1v) is 6.83. The number of para-hydroxylation sites is 1. The molecule has 0 aliphatic heterocycles. The molecule has 0 amide bonds. The van der Waals surface area contributed by atoms with Gasteiger partial charge in [-0.3, -0.25) is 9.36 Å². The Bertz CT molecular complexity index is 1030. The van der Waals surface area contributed by atoms with Crippen molar-refractivity contribution in [3.63, 3.8) is 0 Å². The molecule has 21 heavy (non-hydrogen) atoms. The number of benzene rings is 1. The number of hydrogen-bond acceptors (Lipinski definition) is 4. The van der Waals surface area contributed by atoms with E-state index >= 15 is 0 Å². The van der Waals surface area contributed by atoms with Crippen LogP contribution in [0.25, 0.3) is 22.2 Å². The van der Waals surface area contributed by atoms with Gasteiger partial charge >= 0.3 is 0 Å². The molecular formula is C15H10N4OS. The molecule has 0 spiro atoms. The predicted octanol–water partition coefficient (Wildman–Crippen LogP) is 2.32. The molecule has 0 aliphatic rings. The average molecular weight is 294 g/mol. The Balaban J connectivity index is 2.10. The van der Waals surface area contributed by atoms with E-state index in [1.54, 1.807) is 33.7 Å². The first-order chi connectivity index (χ1) is 10.3. The SMILES string of the molecule is O=c1c2cnc3ccnn3c2ccn1-c1ccccc1S. The zero-order valence-electron chi connectivity index (χ0n) is 10.8. The van der Waals surface area contributed by atoms with Crippen molar-refractivity contribution in [1.82, 2.24) is 19.2 Å². The number of pyridine rings is 1. The second kappa shape index (κ2) is 4.46. The molecule has 0 aliphatic carbocycles. The van der Waals surface area contributed by atoms with Crippen molar-refractivity contribution in [2.45, 2.75) is 4.90 Å². The number of rotatable bonds is 1. The van der Waals surface area contributed by atoms with Crippen molar-refractivity contribution in [2.75, 3.05) is 0 Å². The van der Waals surface area contributed by atoms with E-state index < -0.39 is 0 Å². The Labute approximate surface area is 124 Å². The van der Waals surface area contributed by atoms with E-state index in [-0.39, 0.29) is 5.56 Å². The van der Waals surface area contributed by atoms with Crippen LogP contribution in [0, 0.1) is 0 Å². The maximum Gasteiger partial charge on any atom is 0.266 e. The lowest BCUT2D eigenvalue weighted by Gasteiger charge is -2.09. The van der Waals surface area contributed by atoms with E-state index in [9.17, 15) is 4.79 Å². The number of fused-ring (bicyclic) bond motifs is 3. The Morgan fingerprint density at radius 2 is 1.95 bits per heavy atom. The molecule has 0 fully saturated rings. The minimum absolute atomic E-state index is 0.140. The zero-order valence-corrected chi connectivity index (χ0v) is 11.7. The molecule has 5 nitrogen and oxygen atoms in total. The summed E-state index contributed by atoms with van der Waals surface area (Å²) in [4.78, 5) is 17.7. The molecule has 0 unspecified atom stereocenters. The van der Waals surface area contributed by atoms with Gasteiger partial charge in [-0.25, -0.2) is 9.50 Å². The Kier molecular flexibility index (Phi) is 2.58. The van der Waals surface area contributed by atoms with Gasteiger partial charge in [-0.15, -0.1) is 12.6 Å². The summed E-state index contributed by atoms with van der Waals surface area (Å²) >= 11 is 4.41. The molecule has 0 radical (unpaired) electrons. The van der Waals surface area contributed by atoms with Crippen LogP contribution in [0.15, 0.2) is 64.7 Å². The number of aromatic nitrogens is 4. The van der Waals surface area contributed by atoms with Crippen molar-refractivity contribution in [1.29, 1.82) is 0 Å². The normalized spacial score (nSPS) is 11.3. The van der Waals surface area contributed by atoms with Crippen LogP contribution in [0.5, 0.6) is 0 Å². The molecule has 0 saturated carbocycles. The van der Waals surface area contributed by atoms with E-state index in [1.807, 2.05) is 30.3 Å². The highest BCUT2D eigenvalue weighted by molar-refractivity contribution is 7.80. The van der Waals surface area contributed by atoms with Gasteiger partial charge in [0, 0.05) is 23.4 Å². The third-order valence-electron chi connectivity index (χ3n) is 3.42. The van der Waals surface area contributed by atoms with Crippen LogP contribution in [-0.4, -0.2) is 19.2 Å². The molecule has 0 saturated heterocycles. The molecule has 3 heterocycles. The first kappa shape index (κ1) is 12.2. The van der Waals surface area contributed by atoms with Crippen molar-refractivity contribution < 1.29 is 0 Å². The number of thiol groups is 1. The summed E-state index contributed by atoms with van der Waals surface area (Å²) in [6.45, 7) is 0. The van der Waals surface area contributed by atoms with Crippen molar-refractivity contribution >= 4 is 29.2 Å². The average Bonchev–Trinajstić information content (AvgIpc) is 2.97. The lowest BCUT2D eigenvalue weighted by atomic mass is 10.2. The Morgan fingerprint density at radius 3 is 2.81 bits per heavy atom. The lowest BCUT2D eigenvalue weighted by Crippen LogP contribution is -2.19. The quantitative estimate of drug-likeness (QED) is 0.548. The van der Waals surface area contributed by atoms with Gasteiger partial charge < -0.3 is 0 Å². The lowest BCUT2D eigenvalue weighted by molar-refractivity contribution is 0.948. The summed E-state index contributed by atoms with van der Waals surface area (Å²) in [5, 5.41) is 4.72. The van der Waals surface area contributed by atoms with Gasteiger partial charge in [0.05, 0.1) is 22.8 Å². The van der Waals surface area contributed by atoms with Crippen molar-refractivity contribution in [3.05, 3.63) is 65.3 Å². The van der Waals surface area contributed by atoms with Crippen LogP contribution < -0.4 is 5.56 Å². The molecule has 0 atom stereocenters. The first-order valence-electron chi connectivity index (χ1n) is 6.38. The summed E-state index contributed by atoms with van der Waals surface area (Å²) in [6, 6.07) is 11.1. The second-order valence-electron chi connectivity index (χ2n) is 4.64. The summed E-state index contributed by atoms with van der Waals surface area (Å²) in [6.07, 6.45) is 4.99. The van der Waals surface area contributed by atoms with E-state index in [0.29, 0.717) is 11.0 Å². The van der Waals surface area contributed by atoms with Gasteiger partial charge in [0.25, 0.3) is 5.56 Å².